The highest BCUT2D eigenvalue weighted by atomic mass is 79.9. The second-order valence-electron chi connectivity index (χ2n) is 9.00. The molecule has 4 nitrogen and oxygen atoms in total. The van der Waals surface area contributed by atoms with Crippen molar-refractivity contribution in [3.05, 3.63) is 84.9 Å². The molecule has 0 spiro atoms. The second kappa shape index (κ2) is 9.30. The lowest BCUT2D eigenvalue weighted by molar-refractivity contribution is 0.102. The van der Waals surface area contributed by atoms with Gasteiger partial charge in [-0.05, 0) is 43.2 Å². The van der Waals surface area contributed by atoms with Crippen LogP contribution in [0.4, 0.5) is 0 Å². The van der Waals surface area contributed by atoms with Gasteiger partial charge in [0.25, 0.3) is 5.56 Å². The van der Waals surface area contributed by atoms with Crippen molar-refractivity contribution in [3.63, 3.8) is 0 Å². The molecule has 2 aromatic heterocycles. The quantitative estimate of drug-likeness (QED) is 0.146. The van der Waals surface area contributed by atoms with E-state index in [0.717, 1.165) is 43.7 Å². The highest BCUT2D eigenvalue weighted by Crippen LogP contribution is 2.44. The third-order valence-corrected chi connectivity index (χ3v) is 10.00. The first-order valence-corrected chi connectivity index (χ1v) is 14.5. The molecule has 3 heterocycles. The fourth-order valence-electron chi connectivity index (χ4n) is 4.04. The molecule has 0 bridgehead atoms. The number of halogens is 1. The van der Waals surface area contributed by atoms with Gasteiger partial charge in [0.05, 0.1) is 16.8 Å². The number of aryl methyl sites for hydroxylation is 1. The largest absolute Gasteiger partial charge is 0.293 e. The Labute approximate surface area is 219 Å². The number of aromatic nitrogens is 2. The van der Waals surface area contributed by atoms with Gasteiger partial charge in [0.15, 0.2) is 10.9 Å². The van der Waals surface area contributed by atoms with E-state index in [1.807, 2.05) is 67.2 Å². The van der Waals surface area contributed by atoms with Gasteiger partial charge in [-0.15, -0.1) is 23.1 Å². The first-order chi connectivity index (χ1) is 16.2. The minimum Gasteiger partial charge on any atom is -0.293 e. The maximum Gasteiger partial charge on any atom is 0.267 e. The number of fused-ring (bicyclic) bond motifs is 3. The maximum absolute atomic E-state index is 14.0. The Bertz CT molecular complexity index is 1450. The van der Waals surface area contributed by atoms with Gasteiger partial charge in [-0.3, -0.25) is 14.2 Å². The normalized spacial score (nSPS) is 14.8. The molecule has 1 aliphatic rings. The Morgan fingerprint density at radius 3 is 2.56 bits per heavy atom. The summed E-state index contributed by atoms with van der Waals surface area (Å²) < 4.78 is 2.70. The van der Waals surface area contributed by atoms with Crippen LogP contribution in [0.5, 0.6) is 0 Å². The first kappa shape index (κ1) is 23.9. The van der Waals surface area contributed by atoms with Crippen LogP contribution in [0, 0.1) is 6.92 Å². The lowest BCUT2D eigenvalue weighted by Gasteiger charge is -2.28. The molecule has 0 saturated carbocycles. The smallest absolute Gasteiger partial charge is 0.267 e. The van der Waals surface area contributed by atoms with E-state index in [1.165, 1.54) is 16.6 Å². The molecular formula is C26H23BrN2O2S3. The molecule has 0 N–H and O–H groups in total. The van der Waals surface area contributed by atoms with Crippen LogP contribution in [0.25, 0.3) is 15.9 Å². The van der Waals surface area contributed by atoms with Crippen LogP contribution in [0.3, 0.4) is 0 Å². The lowest BCUT2D eigenvalue weighted by atomic mass is 10.00. The topological polar surface area (TPSA) is 52.0 Å². The molecule has 5 rings (SSSR count). The third kappa shape index (κ3) is 4.65. The van der Waals surface area contributed by atoms with E-state index in [9.17, 15) is 9.59 Å². The second-order valence-corrected chi connectivity index (χ2v) is 13.6. The van der Waals surface area contributed by atoms with Gasteiger partial charge in [-0.25, -0.2) is 4.98 Å². The lowest BCUT2D eigenvalue weighted by Crippen LogP contribution is -2.26. The molecule has 0 atom stereocenters. The molecule has 34 heavy (non-hydrogen) atoms. The van der Waals surface area contributed by atoms with Gasteiger partial charge in [0.2, 0.25) is 0 Å². The van der Waals surface area contributed by atoms with E-state index < -0.39 is 0 Å². The molecule has 174 valence electrons. The summed E-state index contributed by atoms with van der Waals surface area (Å²) in [6.07, 6.45) is 0.854. The highest BCUT2D eigenvalue weighted by molar-refractivity contribution is 9.10. The number of rotatable bonds is 5. The van der Waals surface area contributed by atoms with E-state index in [2.05, 4.69) is 29.8 Å². The number of carbonyl (C=O) groups is 1. The van der Waals surface area contributed by atoms with E-state index >= 15 is 0 Å². The minimum absolute atomic E-state index is 0.00549. The molecular weight excluding hydrogens is 548 g/mol. The Morgan fingerprint density at radius 2 is 1.85 bits per heavy atom. The maximum atomic E-state index is 14.0. The van der Waals surface area contributed by atoms with Gasteiger partial charge < -0.3 is 0 Å². The summed E-state index contributed by atoms with van der Waals surface area (Å²) in [5, 5.41) is 1.29. The van der Waals surface area contributed by atoms with Crippen LogP contribution in [-0.2, 0) is 12.2 Å². The summed E-state index contributed by atoms with van der Waals surface area (Å²) in [5.41, 5.74) is 3.63. The number of nitrogens with zero attached hydrogens (tertiary/aromatic N) is 2. The summed E-state index contributed by atoms with van der Waals surface area (Å²) in [4.78, 5) is 33.8. The third-order valence-electron chi connectivity index (χ3n) is 5.86. The van der Waals surface area contributed by atoms with Crippen LogP contribution in [0.2, 0.25) is 0 Å². The van der Waals surface area contributed by atoms with Crippen molar-refractivity contribution >= 4 is 66.8 Å². The summed E-state index contributed by atoms with van der Waals surface area (Å²) in [6.45, 7) is 6.48. The van der Waals surface area contributed by atoms with Crippen molar-refractivity contribution in [1.82, 2.24) is 9.55 Å². The fraction of sp³-hybridized carbons (Fsp3) is 0.269. The first-order valence-electron chi connectivity index (χ1n) is 10.9. The zero-order valence-electron chi connectivity index (χ0n) is 19.1. The Kier molecular flexibility index (Phi) is 6.52. The molecule has 0 amide bonds. The summed E-state index contributed by atoms with van der Waals surface area (Å²) >= 11 is 8.27. The van der Waals surface area contributed by atoms with Crippen molar-refractivity contribution in [2.45, 2.75) is 42.8 Å². The molecule has 4 aromatic rings. The van der Waals surface area contributed by atoms with Crippen molar-refractivity contribution in [1.29, 1.82) is 0 Å². The number of benzene rings is 2. The van der Waals surface area contributed by atoms with E-state index in [4.69, 9.17) is 4.98 Å². The van der Waals surface area contributed by atoms with Crippen molar-refractivity contribution in [2.24, 2.45) is 0 Å². The zero-order valence-corrected chi connectivity index (χ0v) is 23.1. The Morgan fingerprint density at radius 1 is 1.15 bits per heavy atom. The Hall–Kier alpha value is -1.87. The minimum atomic E-state index is -0.0485. The molecule has 0 saturated heterocycles. The van der Waals surface area contributed by atoms with Crippen LogP contribution < -0.4 is 5.56 Å². The van der Waals surface area contributed by atoms with Crippen LogP contribution in [-0.4, -0.2) is 25.8 Å². The van der Waals surface area contributed by atoms with Crippen LogP contribution >= 0.6 is 50.8 Å². The number of hydrogen-bond acceptors (Lipinski definition) is 6. The van der Waals surface area contributed by atoms with Crippen LogP contribution in [0.15, 0.2) is 63.0 Å². The molecule has 1 aliphatic heterocycles. The van der Waals surface area contributed by atoms with Crippen LogP contribution in [0.1, 0.15) is 40.2 Å². The number of thiophene rings is 1. The summed E-state index contributed by atoms with van der Waals surface area (Å²) in [7, 11) is 0. The van der Waals surface area contributed by atoms with E-state index in [0.29, 0.717) is 10.7 Å². The average Bonchev–Trinajstić information content (AvgIpc) is 3.15. The average molecular weight is 572 g/mol. The van der Waals surface area contributed by atoms with Gasteiger partial charge >= 0.3 is 0 Å². The predicted octanol–water partition coefficient (Wildman–Crippen LogP) is 7.06. The number of thioether (sulfide) groups is 2. The predicted molar refractivity (Wildman–Crippen MR) is 148 cm³/mol. The Balaban J connectivity index is 1.60. The van der Waals surface area contributed by atoms with Gasteiger partial charge in [-0.1, -0.05) is 71.4 Å². The van der Waals surface area contributed by atoms with Gasteiger partial charge in [0.1, 0.15) is 4.83 Å². The monoisotopic (exact) mass is 570 g/mol. The molecule has 0 fully saturated rings. The fourth-order valence-corrected chi connectivity index (χ4v) is 7.59. The number of hydrogen-bond donors (Lipinski definition) is 0. The zero-order chi connectivity index (χ0) is 24.0. The number of ketones is 1. The molecule has 2 aromatic carbocycles. The van der Waals surface area contributed by atoms with Crippen molar-refractivity contribution in [2.75, 3.05) is 5.75 Å². The standard InChI is InChI=1S/C26H23BrN2O2S3/c1-15-4-10-18(11-5-15)29-24(31)22-19-12-26(2,3)33-14-21(19)34-23(22)28-25(29)32-13-20(30)16-6-8-17(27)9-7-16/h4-11H,12-14H2,1-3H3. The molecule has 0 aliphatic carbocycles. The molecule has 8 heteroatoms. The van der Waals surface area contributed by atoms with Gasteiger partial charge in [-0.2, -0.15) is 0 Å². The summed E-state index contributed by atoms with van der Waals surface area (Å²) in [6, 6.07) is 15.2. The van der Waals surface area contributed by atoms with Gasteiger partial charge in [0, 0.05) is 25.4 Å². The van der Waals surface area contributed by atoms with E-state index in [1.54, 1.807) is 15.9 Å². The molecule has 0 radical (unpaired) electrons. The van der Waals surface area contributed by atoms with Crippen molar-refractivity contribution in [3.8, 4) is 5.69 Å². The summed E-state index contributed by atoms with van der Waals surface area (Å²) in [5.74, 6) is 1.11. The number of carbonyl (C=O) groups excluding carboxylic acids is 1. The molecule has 0 unspecified atom stereocenters. The number of Topliss-reactive ketones (excluding diaryl/α,β-unsaturated/α-hetero) is 1. The SMILES string of the molecule is Cc1ccc(-n2c(SCC(=O)c3ccc(Br)cc3)nc3sc4c(c3c2=O)CC(C)(C)SC4)cc1. The highest BCUT2D eigenvalue weighted by Gasteiger charge is 2.31. The van der Waals surface area contributed by atoms with Crippen molar-refractivity contribution < 1.29 is 4.79 Å². The van der Waals surface area contributed by atoms with E-state index in [-0.39, 0.29) is 21.8 Å².